The van der Waals surface area contributed by atoms with Crippen LogP contribution in [-0.4, -0.2) is 45.1 Å². The molecule has 0 aromatic heterocycles. The first-order valence-electron chi connectivity index (χ1n) is 5.51. The monoisotopic (exact) mass is 249 g/mol. The van der Waals surface area contributed by atoms with Gasteiger partial charge in [0.05, 0.1) is 12.4 Å². The molecule has 0 heterocycles. The molecule has 16 heavy (non-hydrogen) atoms. The Morgan fingerprint density at radius 1 is 1.44 bits per heavy atom. The van der Waals surface area contributed by atoms with E-state index in [0.717, 1.165) is 13.0 Å². The molecule has 0 radical (unpaired) electrons. The fourth-order valence-corrected chi connectivity index (χ4v) is 3.78. The molecule has 0 saturated heterocycles. The van der Waals surface area contributed by atoms with E-state index in [1.807, 2.05) is 6.92 Å². The van der Waals surface area contributed by atoms with Crippen LogP contribution in [0.4, 0.5) is 0 Å². The number of ether oxygens (including phenoxy) is 1. The first kappa shape index (κ1) is 13.4. The van der Waals surface area contributed by atoms with E-state index < -0.39 is 26.8 Å². The molecule has 1 aliphatic rings. The molecule has 1 aliphatic carbocycles. The fourth-order valence-electron chi connectivity index (χ4n) is 2.08. The van der Waals surface area contributed by atoms with Gasteiger partial charge in [-0.05, 0) is 25.8 Å². The van der Waals surface area contributed by atoms with Gasteiger partial charge in [-0.25, -0.2) is 8.42 Å². The highest BCUT2D eigenvalue weighted by atomic mass is 32.2. The normalized spacial score (nSPS) is 25.6. The summed E-state index contributed by atoms with van der Waals surface area (Å²) in [5.41, 5.74) is 0. The van der Waals surface area contributed by atoms with Gasteiger partial charge in [0.1, 0.15) is 5.75 Å². The fraction of sp³-hybridized carbons (Fsp3) is 0.900. The topological polar surface area (TPSA) is 72.5 Å². The number of nitrogens with one attached hydrogen (secondary N) is 1. The van der Waals surface area contributed by atoms with Gasteiger partial charge in [-0.2, -0.15) is 0 Å². The average molecular weight is 249 g/mol. The third kappa shape index (κ3) is 3.45. The number of hydrogen-bond donors (Lipinski definition) is 1. The maximum absolute atomic E-state index is 11.8. The number of carbonyl (C=O) groups excluding carboxylic acids is 1. The molecule has 6 heteroatoms. The Morgan fingerprint density at radius 2 is 2.12 bits per heavy atom. The van der Waals surface area contributed by atoms with Gasteiger partial charge in [-0.15, -0.1) is 0 Å². The molecule has 1 rings (SSSR count). The van der Waals surface area contributed by atoms with Crippen LogP contribution in [0.25, 0.3) is 0 Å². The van der Waals surface area contributed by atoms with Gasteiger partial charge in [0.15, 0.2) is 9.84 Å². The molecule has 2 unspecified atom stereocenters. The zero-order valence-corrected chi connectivity index (χ0v) is 10.5. The second-order valence-electron chi connectivity index (χ2n) is 4.07. The first-order chi connectivity index (χ1) is 7.49. The lowest BCUT2D eigenvalue weighted by Gasteiger charge is -2.12. The number of rotatable bonds is 5. The molecule has 1 N–H and O–H groups in total. The lowest BCUT2D eigenvalue weighted by molar-refractivity contribution is -0.137. The lowest BCUT2D eigenvalue weighted by atomic mass is 10.2. The lowest BCUT2D eigenvalue weighted by Crippen LogP contribution is -2.30. The first-order valence-corrected chi connectivity index (χ1v) is 7.23. The van der Waals surface area contributed by atoms with E-state index in [2.05, 4.69) is 10.1 Å². The SMILES string of the molecule is CCNC1CCC(S(=O)(=O)CC(=O)OC)C1. The van der Waals surface area contributed by atoms with Gasteiger partial charge in [0, 0.05) is 6.04 Å². The molecule has 1 saturated carbocycles. The van der Waals surface area contributed by atoms with E-state index in [1.54, 1.807) is 0 Å². The van der Waals surface area contributed by atoms with Crippen LogP contribution in [0.15, 0.2) is 0 Å². The average Bonchev–Trinajstić information content (AvgIpc) is 2.67. The Kier molecular flexibility index (Phi) is 4.73. The third-order valence-electron chi connectivity index (χ3n) is 2.93. The van der Waals surface area contributed by atoms with Crippen LogP contribution < -0.4 is 5.32 Å². The van der Waals surface area contributed by atoms with Crippen molar-refractivity contribution < 1.29 is 17.9 Å². The van der Waals surface area contributed by atoms with Gasteiger partial charge < -0.3 is 10.1 Å². The summed E-state index contributed by atoms with van der Waals surface area (Å²) in [5.74, 6) is -1.17. The standard InChI is InChI=1S/C10H19NO4S/c1-3-11-8-4-5-9(6-8)16(13,14)7-10(12)15-2/h8-9,11H,3-7H2,1-2H3. The van der Waals surface area contributed by atoms with Crippen molar-refractivity contribution in [3.8, 4) is 0 Å². The molecule has 2 atom stereocenters. The van der Waals surface area contributed by atoms with Crippen LogP contribution in [0.5, 0.6) is 0 Å². The number of sulfone groups is 1. The minimum atomic E-state index is -3.34. The molecule has 1 fully saturated rings. The minimum Gasteiger partial charge on any atom is -0.468 e. The molecule has 94 valence electrons. The Bertz CT molecular complexity index is 339. The molecular formula is C10H19NO4S. The van der Waals surface area contributed by atoms with E-state index in [1.165, 1.54) is 7.11 Å². The van der Waals surface area contributed by atoms with Crippen molar-refractivity contribution in [1.82, 2.24) is 5.32 Å². The summed E-state index contributed by atoms with van der Waals surface area (Å²) < 4.78 is 28.0. The predicted molar refractivity (Wildman–Crippen MR) is 60.9 cm³/mol. The summed E-state index contributed by atoms with van der Waals surface area (Å²) in [6, 6.07) is 0.266. The zero-order chi connectivity index (χ0) is 12.2. The van der Waals surface area contributed by atoms with Crippen molar-refractivity contribution >= 4 is 15.8 Å². The van der Waals surface area contributed by atoms with Crippen LogP contribution in [0.1, 0.15) is 26.2 Å². The van der Waals surface area contributed by atoms with E-state index in [9.17, 15) is 13.2 Å². The van der Waals surface area contributed by atoms with Crippen molar-refractivity contribution in [2.75, 3.05) is 19.4 Å². The summed E-state index contributed by atoms with van der Waals surface area (Å²) in [6.45, 7) is 2.84. The second-order valence-corrected chi connectivity index (χ2v) is 6.35. The van der Waals surface area contributed by atoms with Gasteiger partial charge in [0.25, 0.3) is 0 Å². The zero-order valence-electron chi connectivity index (χ0n) is 9.73. The summed E-state index contributed by atoms with van der Waals surface area (Å²) in [7, 11) is -2.13. The molecule has 5 nitrogen and oxygen atoms in total. The van der Waals surface area contributed by atoms with Crippen molar-refractivity contribution in [2.24, 2.45) is 0 Å². The highest BCUT2D eigenvalue weighted by Crippen LogP contribution is 2.25. The van der Waals surface area contributed by atoms with E-state index in [-0.39, 0.29) is 6.04 Å². The summed E-state index contributed by atoms with van der Waals surface area (Å²) in [5, 5.41) is 2.84. The minimum absolute atomic E-state index is 0.266. The van der Waals surface area contributed by atoms with E-state index >= 15 is 0 Å². The number of esters is 1. The maximum Gasteiger partial charge on any atom is 0.320 e. The highest BCUT2D eigenvalue weighted by Gasteiger charge is 2.35. The molecule has 0 amide bonds. The van der Waals surface area contributed by atoms with Crippen molar-refractivity contribution in [2.45, 2.75) is 37.5 Å². The van der Waals surface area contributed by atoms with Crippen molar-refractivity contribution in [3.63, 3.8) is 0 Å². The van der Waals surface area contributed by atoms with Crippen LogP contribution in [0.2, 0.25) is 0 Å². The van der Waals surface area contributed by atoms with Crippen molar-refractivity contribution in [1.29, 1.82) is 0 Å². The van der Waals surface area contributed by atoms with E-state index in [4.69, 9.17) is 0 Å². The Morgan fingerprint density at radius 3 is 2.69 bits per heavy atom. The van der Waals surface area contributed by atoms with Crippen molar-refractivity contribution in [3.05, 3.63) is 0 Å². The second kappa shape index (κ2) is 5.63. The summed E-state index contributed by atoms with van der Waals surface area (Å²) >= 11 is 0. The molecule has 0 aliphatic heterocycles. The van der Waals surface area contributed by atoms with Crippen LogP contribution in [-0.2, 0) is 19.4 Å². The van der Waals surface area contributed by atoms with Gasteiger partial charge in [0.2, 0.25) is 0 Å². The maximum atomic E-state index is 11.8. The Hall–Kier alpha value is -0.620. The summed E-state index contributed by atoms with van der Waals surface area (Å²) in [4.78, 5) is 11.0. The van der Waals surface area contributed by atoms with Crippen LogP contribution in [0, 0.1) is 0 Å². The molecule has 0 spiro atoms. The number of hydrogen-bond acceptors (Lipinski definition) is 5. The quantitative estimate of drug-likeness (QED) is 0.700. The van der Waals surface area contributed by atoms with Gasteiger partial charge >= 0.3 is 5.97 Å². The Labute approximate surface area is 96.5 Å². The smallest absolute Gasteiger partial charge is 0.320 e. The highest BCUT2D eigenvalue weighted by molar-refractivity contribution is 7.92. The Balaban J connectivity index is 2.55. The molecule has 0 aromatic carbocycles. The van der Waals surface area contributed by atoms with Crippen LogP contribution >= 0.6 is 0 Å². The number of methoxy groups -OCH3 is 1. The third-order valence-corrected chi connectivity index (χ3v) is 5.01. The molecule has 0 bridgehead atoms. The number of carbonyl (C=O) groups is 1. The van der Waals surface area contributed by atoms with Crippen LogP contribution in [0.3, 0.4) is 0 Å². The van der Waals surface area contributed by atoms with E-state index in [0.29, 0.717) is 12.8 Å². The van der Waals surface area contributed by atoms with Gasteiger partial charge in [-0.3, -0.25) is 4.79 Å². The predicted octanol–water partition coefficient (Wildman–Crippen LogP) is 0.105. The summed E-state index contributed by atoms with van der Waals surface area (Å²) in [6.07, 6.45) is 2.10. The molecule has 0 aromatic rings. The molecular weight excluding hydrogens is 230 g/mol. The largest absolute Gasteiger partial charge is 0.468 e. The van der Waals surface area contributed by atoms with Gasteiger partial charge in [-0.1, -0.05) is 6.92 Å².